The Hall–Kier alpha value is -2.11. The van der Waals surface area contributed by atoms with Crippen LogP contribution in [-0.2, 0) is 14.1 Å². The van der Waals surface area contributed by atoms with Crippen LogP contribution in [0.5, 0.6) is 0 Å². The number of carbonyl (C=O) groups is 1. The largest absolute Gasteiger partial charge is 0.318 e. The maximum Gasteiger partial charge on any atom is 0.274 e. The molecule has 84 valence electrons. The number of aromatic nitrogens is 4. The second-order valence-electron chi connectivity index (χ2n) is 3.65. The molecule has 2 rings (SSSR count). The number of anilines is 1. The number of amides is 1. The van der Waals surface area contributed by atoms with Crippen molar-refractivity contribution in [3.05, 3.63) is 29.8 Å². The predicted octanol–water partition coefficient (Wildman–Crippen LogP) is 0.714. The van der Waals surface area contributed by atoms with Crippen molar-refractivity contribution < 1.29 is 4.79 Å². The van der Waals surface area contributed by atoms with Crippen LogP contribution >= 0.6 is 0 Å². The second-order valence-corrected chi connectivity index (χ2v) is 3.65. The van der Waals surface area contributed by atoms with Gasteiger partial charge in [0, 0.05) is 20.3 Å². The monoisotopic (exact) mass is 219 g/mol. The molecular formula is C10H13N5O. The molecule has 0 unspecified atom stereocenters. The van der Waals surface area contributed by atoms with Crippen molar-refractivity contribution in [1.82, 2.24) is 19.6 Å². The lowest BCUT2D eigenvalue weighted by Crippen LogP contribution is -2.15. The van der Waals surface area contributed by atoms with E-state index in [1.165, 1.54) is 0 Å². The first-order valence-corrected chi connectivity index (χ1v) is 4.87. The van der Waals surface area contributed by atoms with Gasteiger partial charge in [0.1, 0.15) is 5.69 Å². The number of nitrogens with one attached hydrogen (secondary N) is 1. The van der Waals surface area contributed by atoms with Crippen molar-refractivity contribution in [3.63, 3.8) is 0 Å². The molecule has 1 amide bonds. The van der Waals surface area contributed by atoms with Crippen molar-refractivity contribution in [2.45, 2.75) is 6.92 Å². The van der Waals surface area contributed by atoms with Crippen LogP contribution in [0.1, 0.15) is 16.2 Å². The van der Waals surface area contributed by atoms with Crippen molar-refractivity contribution in [2.24, 2.45) is 14.1 Å². The molecule has 0 bridgehead atoms. The van der Waals surface area contributed by atoms with Crippen LogP contribution in [0.15, 0.2) is 18.5 Å². The molecule has 0 aliphatic heterocycles. The van der Waals surface area contributed by atoms with Crippen LogP contribution in [0, 0.1) is 6.92 Å². The van der Waals surface area contributed by atoms with Crippen molar-refractivity contribution in [3.8, 4) is 0 Å². The molecular weight excluding hydrogens is 206 g/mol. The molecule has 6 nitrogen and oxygen atoms in total. The minimum atomic E-state index is -0.184. The first-order valence-electron chi connectivity index (χ1n) is 4.87. The summed E-state index contributed by atoms with van der Waals surface area (Å²) in [6.07, 6.45) is 3.34. The maximum absolute atomic E-state index is 11.8. The summed E-state index contributed by atoms with van der Waals surface area (Å²) >= 11 is 0. The van der Waals surface area contributed by atoms with Gasteiger partial charge in [0.25, 0.3) is 5.91 Å². The maximum atomic E-state index is 11.8. The molecule has 2 heterocycles. The molecule has 2 aromatic rings. The summed E-state index contributed by atoms with van der Waals surface area (Å²) in [7, 11) is 3.54. The molecule has 0 aliphatic carbocycles. The summed E-state index contributed by atoms with van der Waals surface area (Å²) in [6.45, 7) is 1.85. The lowest BCUT2D eigenvalue weighted by atomic mass is 10.3. The Morgan fingerprint density at radius 3 is 2.69 bits per heavy atom. The van der Waals surface area contributed by atoms with E-state index in [9.17, 15) is 4.79 Å². The van der Waals surface area contributed by atoms with Gasteiger partial charge in [-0.25, -0.2) is 0 Å². The lowest BCUT2D eigenvalue weighted by molar-refractivity contribution is 0.101. The van der Waals surface area contributed by atoms with E-state index >= 15 is 0 Å². The Kier molecular flexibility index (Phi) is 2.47. The van der Waals surface area contributed by atoms with E-state index in [1.807, 2.05) is 6.92 Å². The average molecular weight is 219 g/mol. The molecule has 2 aromatic heterocycles. The Balaban J connectivity index is 2.17. The molecule has 0 saturated heterocycles. The molecule has 0 aliphatic rings. The van der Waals surface area contributed by atoms with Gasteiger partial charge in [0.05, 0.1) is 17.6 Å². The van der Waals surface area contributed by atoms with Gasteiger partial charge in [-0.3, -0.25) is 14.2 Å². The van der Waals surface area contributed by atoms with Gasteiger partial charge >= 0.3 is 0 Å². The highest BCUT2D eigenvalue weighted by atomic mass is 16.2. The van der Waals surface area contributed by atoms with E-state index in [0.29, 0.717) is 11.4 Å². The van der Waals surface area contributed by atoms with Crippen LogP contribution in [0.3, 0.4) is 0 Å². The summed E-state index contributed by atoms with van der Waals surface area (Å²) in [4.78, 5) is 11.8. The third kappa shape index (κ3) is 1.95. The van der Waals surface area contributed by atoms with Crippen molar-refractivity contribution in [1.29, 1.82) is 0 Å². The number of hydrogen-bond donors (Lipinski definition) is 1. The van der Waals surface area contributed by atoms with E-state index in [-0.39, 0.29) is 5.91 Å². The Bertz CT molecular complexity index is 525. The molecule has 1 N–H and O–H groups in total. The summed E-state index contributed by atoms with van der Waals surface area (Å²) in [6, 6.07) is 1.74. The van der Waals surface area contributed by atoms with Crippen molar-refractivity contribution >= 4 is 11.6 Å². The number of rotatable bonds is 2. The molecule has 0 spiro atoms. The first-order chi connectivity index (χ1) is 7.56. The van der Waals surface area contributed by atoms with Gasteiger partial charge in [-0.15, -0.1) is 0 Å². The molecule has 0 radical (unpaired) electrons. The van der Waals surface area contributed by atoms with Crippen LogP contribution in [-0.4, -0.2) is 25.5 Å². The predicted molar refractivity (Wildman–Crippen MR) is 59.1 cm³/mol. The normalized spacial score (nSPS) is 10.4. The molecule has 0 saturated carbocycles. The third-order valence-corrected chi connectivity index (χ3v) is 2.20. The highest BCUT2D eigenvalue weighted by molar-refractivity contribution is 6.02. The molecule has 0 aromatic carbocycles. The third-order valence-electron chi connectivity index (χ3n) is 2.20. The minimum absolute atomic E-state index is 0.184. The quantitative estimate of drug-likeness (QED) is 0.809. The molecule has 16 heavy (non-hydrogen) atoms. The van der Waals surface area contributed by atoms with Crippen LogP contribution in [0.4, 0.5) is 5.69 Å². The van der Waals surface area contributed by atoms with Gasteiger partial charge in [-0.05, 0) is 13.0 Å². The summed E-state index contributed by atoms with van der Waals surface area (Å²) < 4.78 is 3.19. The van der Waals surface area contributed by atoms with E-state index in [1.54, 1.807) is 41.9 Å². The van der Waals surface area contributed by atoms with Crippen LogP contribution < -0.4 is 5.32 Å². The summed E-state index contributed by atoms with van der Waals surface area (Å²) in [5.74, 6) is -0.184. The molecule has 0 fully saturated rings. The van der Waals surface area contributed by atoms with Gasteiger partial charge < -0.3 is 5.32 Å². The topological polar surface area (TPSA) is 64.7 Å². The number of nitrogens with zero attached hydrogens (tertiary/aromatic N) is 4. The Morgan fingerprint density at radius 2 is 2.19 bits per heavy atom. The highest BCUT2D eigenvalue weighted by Gasteiger charge is 2.12. The van der Waals surface area contributed by atoms with Crippen LogP contribution in [0.25, 0.3) is 0 Å². The smallest absolute Gasteiger partial charge is 0.274 e. The number of hydrogen-bond acceptors (Lipinski definition) is 3. The van der Waals surface area contributed by atoms with Gasteiger partial charge in [-0.1, -0.05) is 0 Å². The molecule has 6 heteroatoms. The highest BCUT2D eigenvalue weighted by Crippen LogP contribution is 2.08. The Morgan fingerprint density at radius 1 is 1.44 bits per heavy atom. The zero-order chi connectivity index (χ0) is 11.7. The standard InChI is InChI=1S/C10H13N5O/c1-7-4-9(15(3)13-7)10(16)12-8-5-11-14(2)6-8/h4-6H,1-3H3,(H,12,16). The SMILES string of the molecule is Cc1cc(C(=O)Nc2cnn(C)c2)n(C)n1. The van der Waals surface area contributed by atoms with E-state index in [4.69, 9.17) is 0 Å². The van der Waals surface area contributed by atoms with E-state index < -0.39 is 0 Å². The Labute approximate surface area is 92.9 Å². The zero-order valence-corrected chi connectivity index (χ0v) is 9.43. The van der Waals surface area contributed by atoms with Crippen molar-refractivity contribution in [2.75, 3.05) is 5.32 Å². The second kappa shape index (κ2) is 3.80. The molecule has 0 atom stereocenters. The van der Waals surface area contributed by atoms with Gasteiger partial charge in [0.2, 0.25) is 0 Å². The summed E-state index contributed by atoms with van der Waals surface area (Å²) in [5, 5.41) is 10.8. The summed E-state index contributed by atoms with van der Waals surface area (Å²) in [5.41, 5.74) is 2.02. The number of carbonyl (C=O) groups excluding carboxylic acids is 1. The fourth-order valence-electron chi connectivity index (χ4n) is 1.50. The van der Waals surface area contributed by atoms with Gasteiger partial charge in [-0.2, -0.15) is 10.2 Å². The van der Waals surface area contributed by atoms with E-state index in [0.717, 1.165) is 5.69 Å². The lowest BCUT2D eigenvalue weighted by Gasteiger charge is -2.01. The fourth-order valence-corrected chi connectivity index (χ4v) is 1.50. The number of aryl methyl sites for hydroxylation is 3. The van der Waals surface area contributed by atoms with Gasteiger partial charge in [0.15, 0.2) is 0 Å². The fraction of sp³-hybridized carbons (Fsp3) is 0.300. The van der Waals surface area contributed by atoms with Crippen LogP contribution in [0.2, 0.25) is 0 Å². The van der Waals surface area contributed by atoms with E-state index in [2.05, 4.69) is 15.5 Å². The average Bonchev–Trinajstić information content (AvgIpc) is 2.73. The first kappa shape index (κ1) is 10.4. The zero-order valence-electron chi connectivity index (χ0n) is 9.43. The minimum Gasteiger partial charge on any atom is -0.318 e.